The highest BCUT2D eigenvalue weighted by Gasteiger charge is 2.39. The second-order valence-electron chi connectivity index (χ2n) is 9.02. The van der Waals surface area contributed by atoms with Crippen molar-refractivity contribution >= 4 is 34.5 Å². The zero-order valence-electron chi connectivity index (χ0n) is 19.9. The number of methoxy groups -OCH3 is 2. The lowest BCUT2D eigenvalue weighted by Gasteiger charge is -2.40. The van der Waals surface area contributed by atoms with Crippen LogP contribution in [0.1, 0.15) is 37.2 Å². The Hall–Kier alpha value is -3.88. The van der Waals surface area contributed by atoms with Gasteiger partial charge in [0.2, 0.25) is 17.8 Å². The first-order chi connectivity index (χ1) is 17.0. The zero-order chi connectivity index (χ0) is 24.5. The van der Waals surface area contributed by atoms with Crippen LogP contribution in [-0.4, -0.2) is 60.0 Å². The smallest absolute Gasteiger partial charge is 0.230 e. The van der Waals surface area contributed by atoms with Crippen LogP contribution in [0.3, 0.4) is 0 Å². The van der Waals surface area contributed by atoms with Crippen LogP contribution in [0.4, 0.5) is 11.8 Å². The van der Waals surface area contributed by atoms with Crippen molar-refractivity contribution in [1.82, 2.24) is 14.9 Å². The van der Waals surface area contributed by atoms with Crippen molar-refractivity contribution in [2.45, 2.75) is 37.6 Å². The fourth-order valence-corrected chi connectivity index (χ4v) is 5.13. The first-order valence-electron chi connectivity index (χ1n) is 11.8. The van der Waals surface area contributed by atoms with E-state index in [2.05, 4.69) is 9.88 Å². The lowest BCUT2D eigenvalue weighted by atomic mass is 9.87. The number of rotatable bonds is 5. The number of ether oxygens (including phenoxy) is 2. The number of hydrogen-bond donors (Lipinski definition) is 1. The predicted octanol–water partition coefficient (Wildman–Crippen LogP) is 3.13. The van der Waals surface area contributed by atoms with Gasteiger partial charge >= 0.3 is 0 Å². The number of nitrogen functional groups attached to an aromatic ring is 1. The molecule has 0 saturated carbocycles. The molecule has 9 heteroatoms. The summed E-state index contributed by atoms with van der Waals surface area (Å²) in [6.07, 6.45) is 2.07. The van der Waals surface area contributed by atoms with Gasteiger partial charge in [0.05, 0.1) is 19.7 Å². The van der Waals surface area contributed by atoms with Crippen molar-refractivity contribution < 1.29 is 19.1 Å². The molecule has 2 fully saturated rings. The molecule has 0 unspecified atom stereocenters. The summed E-state index contributed by atoms with van der Waals surface area (Å²) in [5.41, 5.74) is 7.96. The maximum Gasteiger partial charge on any atom is 0.230 e. The molecular weight excluding hydrogens is 446 g/mol. The number of hydrogen-bond acceptors (Lipinski definition) is 8. The van der Waals surface area contributed by atoms with Crippen LogP contribution in [0, 0.1) is 0 Å². The van der Waals surface area contributed by atoms with Gasteiger partial charge in [-0.3, -0.25) is 14.5 Å². The van der Waals surface area contributed by atoms with Crippen LogP contribution in [-0.2, 0) is 9.59 Å². The Bertz CT molecular complexity index is 1240. The zero-order valence-corrected chi connectivity index (χ0v) is 19.9. The van der Waals surface area contributed by atoms with Crippen molar-refractivity contribution in [3.8, 4) is 11.5 Å². The van der Waals surface area contributed by atoms with E-state index in [1.54, 1.807) is 26.4 Å². The van der Waals surface area contributed by atoms with E-state index in [0.717, 1.165) is 5.56 Å². The van der Waals surface area contributed by atoms with Gasteiger partial charge in [0, 0.05) is 49.3 Å². The minimum atomic E-state index is -0.106. The van der Waals surface area contributed by atoms with E-state index in [4.69, 9.17) is 20.2 Å². The molecular formula is C26H29N5O4. The number of imide groups is 1. The Kier molecular flexibility index (Phi) is 6.15. The number of carbonyl (C=O) groups excluding carboxylic acids is 2. The molecule has 0 radical (unpaired) electrons. The molecule has 3 heterocycles. The van der Waals surface area contributed by atoms with Gasteiger partial charge in [0.1, 0.15) is 5.82 Å². The van der Waals surface area contributed by atoms with Gasteiger partial charge < -0.3 is 20.1 Å². The van der Waals surface area contributed by atoms with E-state index in [9.17, 15) is 9.59 Å². The molecule has 9 nitrogen and oxygen atoms in total. The van der Waals surface area contributed by atoms with Crippen LogP contribution in [0.25, 0.3) is 10.9 Å². The molecule has 2 aliphatic heterocycles. The number of fused-ring (bicyclic) bond motifs is 1. The third-order valence-corrected chi connectivity index (χ3v) is 6.98. The summed E-state index contributed by atoms with van der Waals surface area (Å²) in [5.74, 6) is 1.81. The molecule has 1 aromatic heterocycles. The van der Waals surface area contributed by atoms with E-state index >= 15 is 0 Å². The summed E-state index contributed by atoms with van der Waals surface area (Å²) in [7, 11) is 3.14. The van der Waals surface area contributed by atoms with E-state index in [-0.39, 0.29) is 23.8 Å². The molecule has 0 aliphatic carbocycles. The number of aromatic nitrogens is 2. The Morgan fingerprint density at radius 3 is 2.17 bits per heavy atom. The third-order valence-electron chi connectivity index (χ3n) is 6.98. The average Bonchev–Trinajstić information content (AvgIpc) is 2.88. The second kappa shape index (κ2) is 9.40. The summed E-state index contributed by atoms with van der Waals surface area (Å²) in [6, 6.07) is 13.3. The summed E-state index contributed by atoms with van der Waals surface area (Å²) < 4.78 is 10.8. The van der Waals surface area contributed by atoms with Crippen LogP contribution < -0.4 is 20.1 Å². The van der Waals surface area contributed by atoms with E-state index < -0.39 is 0 Å². The average molecular weight is 476 g/mol. The second-order valence-corrected chi connectivity index (χ2v) is 9.02. The standard InChI is InChI=1S/C26H29N5O4/c1-34-21-14-19-20(15-22(21)35-2)28-26(29-25(19)27)30-10-8-18(9-11-30)31-23(32)12-17(13-24(31)33)16-6-4-3-5-7-16/h3-7,14-15,17-18H,8-13H2,1-2H3,(H2,27,28,29). The van der Waals surface area contributed by atoms with Crippen LogP contribution >= 0.6 is 0 Å². The highest BCUT2D eigenvalue weighted by atomic mass is 16.5. The fraction of sp³-hybridized carbons (Fsp3) is 0.385. The number of benzene rings is 2. The molecule has 2 N–H and O–H groups in total. The molecule has 3 aromatic rings. The summed E-state index contributed by atoms with van der Waals surface area (Å²) in [6.45, 7) is 1.25. The van der Waals surface area contributed by atoms with Gasteiger partial charge in [-0.2, -0.15) is 4.98 Å². The minimum Gasteiger partial charge on any atom is -0.493 e. The monoisotopic (exact) mass is 475 g/mol. The van der Waals surface area contributed by atoms with E-state index in [0.29, 0.717) is 72.9 Å². The number of likely N-dealkylation sites (tertiary alicyclic amines) is 1. The third kappa shape index (κ3) is 4.34. The SMILES string of the molecule is COc1cc2nc(N3CCC(N4C(=O)CC(c5ccccc5)CC4=O)CC3)nc(N)c2cc1OC. The number of anilines is 2. The molecule has 2 saturated heterocycles. The fourth-order valence-electron chi connectivity index (χ4n) is 5.13. The predicted molar refractivity (Wildman–Crippen MR) is 133 cm³/mol. The first kappa shape index (κ1) is 22.9. The number of amides is 2. The molecule has 2 amide bonds. The summed E-state index contributed by atoms with van der Waals surface area (Å²) in [4.78, 5) is 38.7. The molecule has 35 heavy (non-hydrogen) atoms. The van der Waals surface area contributed by atoms with Crippen molar-refractivity contribution in [2.75, 3.05) is 37.9 Å². The lowest BCUT2D eigenvalue weighted by Crippen LogP contribution is -2.52. The van der Waals surface area contributed by atoms with Crippen molar-refractivity contribution in [2.24, 2.45) is 0 Å². The lowest BCUT2D eigenvalue weighted by molar-refractivity contribution is -0.152. The topological polar surface area (TPSA) is 111 Å². The van der Waals surface area contributed by atoms with Crippen LogP contribution in [0.2, 0.25) is 0 Å². The number of nitrogens with two attached hydrogens (primary N) is 1. The molecule has 2 aromatic carbocycles. The molecule has 0 bridgehead atoms. The maximum absolute atomic E-state index is 13.0. The van der Waals surface area contributed by atoms with Crippen molar-refractivity contribution in [1.29, 1.82) is 0 Å². The Labute approximate surface area is 203 Å². The number of piperidine rings is 2. The molecule has 5 rings (SSSR count). The van der Waals surface area contributed by atoms with Crippen LogP contribution in [0.15, 0.2) is 42.5 Å². The van der Waals surface area contributed by atoms with E-state index in [1.807, 2.05) is 30.3 Å². The minimum absolute atomic E-state index is 0.0443. The largest absolute Gasteiger partial charge is 0.493 e. The van der Waals surface area contributed by atoms with Gasteiger partial charge in [-0.25, -0.2) is 4.98 Å². The van der Waals surface area contributed by atoms with Gasteiger partial charge in [-0.1, -0.05) is 30.3 Å². The Balaban J connectivity index is 1.29. The normalized spacial score (nSPS) is 17.8. The highest BCUT2D eigenvalue weighted by Crippen LogP contribution is 2.35. The van der Waals surface area contributed by atoms with Crippen LogP contribution in [0.5, 0.6) is 11.5 Å². The van der Waals surface area contributed by atoms with Gasteiger partial charge in [-0.15, -0.1) is 0 Å². The first-order valence-corrected chi connectivity index (χ1v) is 11.8. The maximum atomic E-state index is 13.0. The summed E-state index contributed by atoms with van der Waals surface area (Å²) in [5, 5.41) is 0.693. The van der Waals surface area contributed by atoms with E-state index in [1.165, 1.54) is 4.90 Å². The summed E-state index contributed by atoms with van der Waals surface area (Å²) >= 11 is 0. The van der Waals surface area contributed by atoms with Gasteiger partial charge in [0.25, 0.3) is 0 Å². The molecule has 0 spiro atoms. The highest BCUT2D eigenvalue weighted by molar-refractivity contribution is 5.99. The Morgan fingerprint density at radius 1 is 0.914 bits per heavy atom. The van der Waals surface area contributed by atoms with Gasteiger partial charge in [-0.05, 0) is 24.5 Å². The van der Waals surface area contributed by atoms with Gasteiger partial charge in [0.15, 0.2) is 11.5 Å². The number of nitrogens with zero attached hydrogens (tertiary/aromatic N) is 4. The Morgan fingerprint density at radius 2 is 1.54 bits per heavy atom. The quantitative estimate of drug-likeness (QED) is 0.561. The molecule has 0 atom stereocenters. The molecule has 2 aliphatic rings. The van der Waals surface area contributed by atoms with Crippen molar-refractivity contribution in [3.05, 3.63) is 48.0 Å². The van der Waals surface area contributed by atoms with Crippen molar-refractivity contribution in [3.63, 3.8) is 0 Å². The number of carbonyl (C=O) groups is 2. The molecule has 182 valence electrons.